The summed E-state index contributed by atoms with van der Waals surface area (Å²) in [5.41, 5.74) is 2.37. The van der Waals surface area contributed by atoms with Gasteiger partial charge in [-0.15, -0.1) is 11.3 Å². The van der Waals surface area contributed by atoms with Crippen molar-refractivity contribution in [1.29, 1.82) is 0 Å². The molecule has 30 heavy (non-hydrogen) atoms. The Kier molecular flexibility index (Phi) is 8.50. The number of hydrogen-bond acceptors (Lipinski definition) is 3. The van der Waals surface area contributed by atoms with Crippen molar-refractivity contribution >= 4 is 28.9 Å². The van der Waals surface area contributed by atoms with Gasteiger partial charge in [0.1, 0.15) is 4.88 Å². The van der Waals surface area contributed by atoms with Crippen LogP contribution in [0.3, 0.4) is 0 Å². The van der Waals surface area contributed by atoms with Crippen LogP contribution in [0.4, 0.5) is 5.69 Å². The quantitative estimate of drug-likeness (QED) is 0.395. The third kappa shape index (κ3) is 6.18. The summed E-state index contributed by atoms with van der Waals surface area (Å²) in [6.07, 6.45) is 11.9. The first kappa shape index (κ1) is 22.5. The van der Waals surface area contributed by atoms with E-state index in [0.29, 0.717) is 11.3 Å². The SMILES string of the molecule is CCCCCCCc1ccc(N2C(=O)CC[C@@H]2CCCc2ccc(C(=O)O)s2)cc1. The first-order valence-corrected chi connectivity index (χ1v) is 12.1. The van der Waals surface area contributed by atoms with Crippen LogP contribution in [0.1, 0.15) is 84.8 Å². The number of rotatable bonds is 12. The van der Waals surface area contributed by atoms with E-state index in [1.807, 2.05) is 11.0 Å². The first-order valence-electron chi connectivity index (χ1n) is 11.3. The van der Waals surface area contributed by atoms with Crippen molar-refractivity contribution in [1.82, 2.24) is 0 Å². The molecule has 0 bridgehead atoms. The number of carboxylic acids is 1. The summed E-state index contributed by atoms with van der Waals surface area (Å²) < 4.78 is 0. The van der Waals surface area contributed by atoms with Crippen LogP contribution >= 0.6 is 11.3 Å². The average molecular weight is 428 g/mol. The molecule has 1 aliphatic rings. The zero-order chi connectivity index (χ0) is 21.3. The number of hydrogen-bond donors (Lipinski definition) is 1. The molecule has 1 aromatic carbocycles. The Morgan fingerprint density at radius 2 is 1.80 bits per heavy atom. The van der Waals surface area contributed by atoms with Gasteiger partial charge in [-0.1, -0.05) is 44.7 Å². The number of carbonyl (C=O) groups is 2. The fraction of sp³-hybridized carbons (Fsp3) is 0.520. The summed E-state index contributed by atoms with van der Waals surface area (Å²) in [5, 5.41) is 9.05. The van der Waals surface area contributed by atoms with E-state index < -0.39 is 5.97 Å². The van der Waals surface area contributed by atoms with E-state index in [-0.39, 0.29) is 11.9 Å². The van der Waals surface area contributed by atoms with Gasteiger partial charge in [0.2, 0.25) is 5.91 Å². The van der Waals surface area contributed by atoms with Gasteiger partial charge >= 0.3 is 5.97 Å². The minimum absolute atomic E-state index is 0.219. The number of nitrogens with zero attached hydrogens (tertiary/aromatic N) is 1. The van der Waals surface area contributed by atoms with Gasteiger partial charge in [0.15, 0.2) is 0 Å². The highest BCUT2D eigenvalue weighted by atomic mass is 32.1. The molecule has 0 aliphatic carbocycles. The van der Waals surface area contributed by atoms with Gasteiger partial charge in [0.05, 0.1) is 0 Å². The lowest BCUT2D eigenvalue weighted by Crippen LogP contribution is -2.32. The van der Waals surface area contributed by atoms with Gasteiger partial charge in [0.25, 0.3) is 0 Å². The van der Waals surface area contributed by atoms with Crippen LogP contribution in [0.5, 0.6) is 0 Å². The lowest BCUT2D eigenvalue weighted by Gasteiger charge is -2.25. The molecule has 1 aliphatic heterocycles. The molecule has 0 saturated carbocycles. The monoisotopic (exact) mass is 427 g/mol. The Morgan fingerprint density at radius 3 is 2.50 bits per heavy atom. The van der Waals surface area contributed by atoms with Gasteiger partial charge in [0, 0.05) is 23.0 Å². The number of amides is 1. The lowest BCUT2D eigenvalue weighted by atomic mass is 10.0. The molecular weight excluding hydrogens is 394 g/mol. The topological polar surface area (TPSA) is 57.6 Å². The third-order valence-corrected chi connectivity index (χ3v) is 7.07. The molecule has 2 heterocycles. The van der Waals surface area contributed by atoms with Gasteiger partial charge < -0.3 is 10.0 Å². The smallest absolute Gasteiger partial charge is 0.345 e. The Labute approximate surface area is 183 Å². The zero-order valence-electron chi connectivity index (χ0n) is 17.9. The third-order valence-electron chi connectivity index (χ3n) is 5.94. The van der Waals surface area contributed by atoms with Crippen LogP contribution in [0.2, 0.25) is 0 Å². The molecule has 0 unspecified atom stereocenters. The Balaban J connectivity index is 1.50. The maximum absolute atomic E-state index is 12.5. The number of thiophene rings is 1. The van der Waals surface area contributed by atoms with E-state index >= 15 is 0 Å². The number of benzene rings is 1. The molecule has 1 atom stereocenters. The standard InChI is InChI=1S/C25H33NO3S/c1-2-3-4-5-6-8-19-11-13-21(14-12-19)26-20(15-18-24(26)27)9-7-10-22-16-17-23(30-22)25(28)29/h11-14,16-17,20H,2-10,15,18H2,1H3,(H,28,29)/t20-/m0/s1. The molecule has 3 rings (SSSR count). The highest BCUT2D eigenvalue weighted by molar-refractivity contribution is 7.13. The summed E-state index contributed by atoms with van der Waals surface area (Å²) in [5.74, 6) is -0.639. The van der Waals surface area contributed by atoms with Crippen LogP contribution in [0.15, 0.2) is 36.4 Å². The second-order valence-corrected chi connectivity index (χ2v) is 9.42. The number of carboxylic acid groups (broad SMARTS) is 1. The predicted octanol–water partition coefficient (Wildman–Crippen LogP) is 6.48. The fourth-order valence-electron chi connectivity index (χ4n) is 4.27. The average Bonchev–Trinajstić information content (AvgIpc) is 3.36. The van der Waals surface area contributed by atoms with Crippen molar-refractivity contribution in [2.24, 2.45) is 0 Å². The molecule has 162 valence electrons. The van der Waals surface area contributed by atoms with Gasteiger partial charge in [-0.25, -0.2) is 4.79 Å². The Morgan fingerprint density at radius 1 is 1.03 bits per heavy atom. The molecule has 1 saturated heterocycles. The molecular formula is C25H33NO3S. The fourth-order valence-corrected chi connectivity index (χ4v) is 5.15. The molecule has 1 aromatic heterocycles. The maximum Gasteiger partial charge on any atom is 0.345 e. The lowest BCUT2D eigenvalue weighted by molar-refractivity contribution is -0.117. The van der Waals surface area contributed by atoms with Gasteiger partial charge in [-0.05, 0) is 68.4 Å². The molecule has 0 spiro atoms. The number of carbonyl (C=O) groups excluding carboxylic acids is 1. The summed E-state index contributed by atoms with van der Waals surface area (Å²) in [6, 6.07) is 12.4. The molecule has 5 heteroatoms. The normalized spacial score (nSPS) is 16.4. The second kappa shape index (κ2) is 11.3. The number of anilines is 1. The summed E-state index contributed by atoms with van der Waals surface area (Å²) in [7, 11) is 0. The molecule has 2 aromatic rings. The first-order chi connectivity index (χ1) is 14.6. The molecule has 1 amide bonds. The highest BCUT2D eigenvalue weighted by Crippen LogP contribution is 2.30. The number of unbranched alkanes of at least 4 members (excludes halogenated alkanes) is 4. The molecule has 1 fully saturated rings. The predicted molar refractivity (Wildman–Crippen MR) is 124 cm³/mol. The Hall–Kier alpha value is -2.14. The summed E-state index contributed by atoms with van der Waals surface area (Å²) in [6.45, 7) is 2.24. The number of aryl methyl sites for hydroxylation is 2. The van der Waals surface area contributed by atoms with Crippen LogP contribution in [0, 0.1) is 0 Å². The van der Waals surface area contributed by atoms with Gasteiger partial charge in [-0.2, -0.15) is 0 Å². The zero-order valence-corrected chi connectivity index (χ0v) is 18.8. The van der Waals surface area contributed by atoms with Crippen LogP contribution < -0.4 is 4.90 Å². The van der Waals surface area contributed by atoms with Crippen molar-refractivity contribution in [3.63, 3.8) is 0 Å². The number of aromatic carboxylic acids is 1. The van der Waals surface area contributed by atoms with Crippen LogP contribution in [0.25, 0.3) is 0 Å². The van der Waals surface area contributed by atoms with Crippen LogP contribution in [-0.2, 0) is 17.6 Å². The van der Waals surface area contributed by atoms with E-state index in [9.17, 15) is 9.59 Å². The van der Waals surface area contributed by atoms with Crippen LogP contribution in [-0.4, -0.2) is 23.0 Å². The van der Waals surface area contributed by atoms with E-state index in [1.165, 1.54) is 49.0 Å². The summed E-state index contributed by atoms with van der Waals surface area (Å²) >= 11 is 1.35. The van der Waals surface area contributed by atoms with E-state index in [4.69, 9.17) is 5.11 Å². The van der Waals surface area contributed by atoms with Gasteiger partial charge in [-0.3, -0.25) is 4.79 Å². The van der Waals surface area contributed by atoms with E-state index in [2.05, 4.69) is 31.2 Å². The van der Waals surface area contributed by atoms with Crippen molar-refractivity contribution in [3.05, 3.63) is 51.7 Å². The van der Waals surface area contributed by atoms with Crippen molar-refractivity contribution in [2.45, 2.75) is 83.6 Å². The van der Waals surface area contributed by atoms with Crippen molar-refractivity contribution in [3.8, 4) is 0 Å². The Bertz CT molecular complexity index is 827. The van der Waals surface area contributed by atoms with E-state index in [1.54, 1.807) is 6.07 Å². The minimum atomic E-state index is -0.858. The largest absolute Gasteiger partial charge is 0.477 e. The maximum atomic E-state index is 12.5. The minimum Gasteiger partial charge on any atom is -0.477 e. The highest BCUT2D eigenvalue weighted by Gasteiger charge is 2.31. The van der Waals surface area contributed by atoms with E-state index in [0.717, 1.165) is 42.7 Å². The molecule has 0 radical (unpaired) electrons. The van der Waals surface area contributed by atoms with Crippen molar-refractivity contribution in [2.75, 3.05) is 4.90 Å². The summed E-state index contributed by atoms with van der Waals surface area (Å²) in [4.78, 5) is 27.0. The second-order valence-electron chi connectivity index (χ2n) is 8.25. The van der Waals surface area contributed by atoms with Crippen molar-refractivity contribution < 1.29 is 14.7 Å². The molecule has 1 N–H and O–H groups in total. The molecule has 4 nitrogen and oxygen atoms in total.